The predicted octanol–water partition coefficient (Wildman–Crippen LogP) is 2.65. The summed E-state index contributed by atoms with van der Waals surface area (Å²) in [4.78, 5) is 24.4. The van der Waals surface area contributed by atoms with E-state index in [0.717, 1.165) is 0 Å². The first-order chi connectivity index (χ1) is 12.1. The molecule has 1 aliphatic heterocycles. The maximum atomic E-state index is 12.1. The van der Waals surface area contributed by atoms with Gasteiger partial charge < -0.3 is 14.8 Å². The summed E-state index contributed by atoms with van der Waals surface area (Å²) in [7, 11) is 0. The van der Waals surface area contributed by atoms with E-state index in [4.69, 9.17) is 9.47 Å². The van der Waals surface area contributed by atoms with Crippen LogP contribution in [0.2, 0.25) is 0 Å². The smallest absolute Gasteiger partial charge is 0.281 e. The van der Waals surface area contributed by atoms with Crippen LogP contribution in [-0.2, 0) is 4.79 Å². The minimum atomic E-state index is -0.290. The average molecular weight is 359 g/mol. The van der Waals surface area contributed by atoms with Gasteiger partial charge in [-0.05, 0) is 30.5 Å². The summed E-state index contributed by atoms with van der Waals surface area (Å²) < 4.78 is 10.9. The second-order valence-electron chi connectivity index (χ2n) is 5.35. The molecule has 3 rings (SSSR count). The van der Waals surface area contributed by atoms with Crippen molar-refractivity contribution in [2.24, 2.45) is 5.10 Å². The van der Waals surface area contributed by atoms with Gasteiger partial charge in [0.05, 0.1) is 11.3 Å². The molecular formula is C17H17N3O4S. The number of thiophene rings is 1. The molecule has 0 saturated carbocycles. The molecule has 25 heavy (non-hydrogen) atoms. The zero-order valence-electron chi connectivity index (χ0n) is 13.6. The summed E-state index contributed by atoms with van der Waals surface area (Å²) in [6.07, 6.45) is 0.0686. The lowest BCUT2D eigenvalue weighted by atomic mass is 10.2. The molecule has 2 amide bonds. The molecule has 130 valence electrons. The van der Waals surface area contributed by atoms with E-state index in [0.29, 0.717) is 41.0 Å². The van der Waals surface area contributed by atoms with E-state index in [-0.39, 0.29) is 18.2 Å². The second-order valence-corrected chi connectivity index (χ2v) is 6.30. The molecule has 1 aromatic heterocycles. The van der Waals surface area contributed by atoms with Crippen molar-refractivity contribution in [3.05, 3.63) is 40.6 Å². The molecule has 0 fully saturated rings. The molecule has 0 saturated heterocycles. The van der Waals surface area contributed by atoms with Gasteiger partial charge in [0.25, 0.3) is 5.91 Å². The number of carbonyl (C=O) groups is 2. The lowest BCUT2D eigenvalue weighted by Crippen LogP contribution is -2.21. The zero-order chi connectivity index (χ0) is 17.6. The van der Waals surface area contributed by atoms with Crippen LogP contribution in [0.25, 0.3) is 0 Å². The van der Waals surface area contributed by atoms with Gasteiger partial charge in [0.2, 0.25) is 5.91 Å². The van der Waals surface area contributed by atoms with E-state index in [9.17, 15) is 9.59 Å². The van der Waals surface area contributed by atoms with Crippen molar-refractivity contribution in [3.63, 3.8) is 0 Å². The Morgan fingerprint density at radius 3 is 2.76 bits per heavy atom. The molecule has 1 aliphatic rings. The van der Waals surface area contributed by atoms with Gasteiger partial charge in [0, 0.05) is 17.5 Å². The highest BCUT2D eigenvalue weighted by Gasteiger charge is 2.13. The first-order valence-corrected chi connectivity index (χ1v) is 8.56. The Labute approximate surface area is 148 Å². The third-order valence-corrected chi connectivity index (χ3v) is 4.20. The average Bonchev–Trinajstić information content (AvgIpc) is 3.14. The summed E-state index contributed by atoms with van der Waals surface area (Å²) >= 11 is 1.33. The number of nitrogens with one attached hydrogen (secondary N) is 2. The fraction of sp³-hybridized carbons (Fsp3) is 0.235. The van der Waals surface area contributed by atoms with Crippen molar-refractivity contribution < 1.29 is 19.1 Å². The molecule has 2 aromatic rings. The quantitative estimate of drug-likeness (QED) is 0.634. The lowest BCUT2D eigenvalue weighted by molar-refractivity contribution is -0.115. The summed E-state index contributed by atoms with van der Waals surface area (Å²) in [5.74, 6) is 0.751. The highest BCUT2D eigenvalue weighted by atomic mass is 32.1. The van der Waals surface area contributed by atoms with Crippen LogP contribution in [-0.4, -0.2) is 30.7 Å². The molecule has 0 bridgehead atoms. The number of hydrazone groups is 1. The second kappa shape index (κ2) is 7.80. The van der Waals surface area contributed by atoms with Crippen LogP contribution in [0, 0.1) is 0 Å². The molecule has 2 heterocycles. The van der Waals surface area contributed by atoms with Crippen molar-refractivity contribution in [1.82, 2.24) is 5.43 Å². The minimum absolute atomic E-state index is 0.0686. The first-order valence-electron chi connectivity index (χ1n) is 7.68. The van der Waals surface area contributed by atoms with E-state index < -0.39 is 0 Å². The maximum absolute atomic E-state index is 12.1. The van der Waals surface area contributed by atoms with Crippen LogP contribution in [0.5, 0.6) is 11.5 Å². The maximum Gasteiger partial charge on any atom is 0.281 e. The highest BCUT2D eigenvalue weighted by molar-refractivity contribution is 7.12. The van der Waals surface area contributed by atoms with Crippen LogP contribution in [0.15, 0.2) is 40.8 Å². The summed E-state index contributed by atoms with van der Waals surface area (Å²) in [5, 5.41) is 8.53. The molecule has 0 spiro atoms. The van der Waals surface area contributed by atoms with Crippen molar-refractivity contribution in [3.8, 4) is 11.5 Å². The van der Waals surface area contributed by atoms with Crippen molar-refractivity contribution in [1.29, 1.82) is 0 Å². The first kappa shape index (κ1) is 17.0. The molecule has 0 unspecified atom stereocenters. The number of ether oxygens (including phenoxy) is 2. The van der Waals surface area contributed by atoms with Crippen molar-refractivity contribution >= 4 is 34.6 Å². The number of nitrogens with zero attached hydrogens (tertiary/aromatic N) is 1. The summed E-state index contributed by atoms with van der Waals surface area (Å²) in [6.45, 7) is 2.68. The van der Waals surface area contributed by atoms with Gasteiger partial charge in [-0.15, -0.1) is 11.3 Å². The number of carbonyl (C=O) groups excluding carboxylic acids is 2. The van der Waals surface area contributed by atoms with Gasteiger partial charge in [-0.25, -0.2) is 5.43 Å². The molecule has 1 aromatic carbocycles. The Hall–Kier alpha value is -2.87. The number of hydrogen-bond donors (Lipinski definition) is 2. The van der Waals surface area contributed by atoms with Crippen molar-refractivity contribution in [2.45, 2.75) is 13.3 Å². The topological polar surface area (TPSA) is 89.0 Å². The van der Waals surface area contributed by atoms with E-state index in [2.05, 4.69) is 15.8 Å². The lowest BCUT2D eigenvalue weighted by Gasteiger charge is -2.19. The van der Waals surface area contributed by atoms with E-state index in [1.54, 1.807) is 37.3 Å². The zero-order valence-corrected chi connectivity index (χ0v) is 14.4. The fourth-order valence-electron chi connectivity index (χ4n) is 2.21. The molecular weight excluding hydrogens is 342 g/mol. The van der Waals surface area contributed by atoms with E-state index in [1.807, 2.05) is 5.38 Å². The largest absolute Gasteiger partial charge is 0.486 e. The van der Waals surface area contributed by atoms with E-state index in [1.165, 1.54) is 11.3 Å². The number of fused-ring (bicyclic) bond motifs is 1. The normalized spacial score (nSPS) is 13.2. The SMILES string of the molecule is C/C(CC(=O)Nc1ccc2c(c1)OCCO2)=N\NC(=O)c1cccs1. The van der Waals surface area contributed by atoms with Crippen LogP contribution in [0.1, 0.15) is 23.0 Å². The number of rotatable bonds is 5. The molecule has 8 heteroatoms. The fourth-order valence-corrected chi connectivity index (χ4v) is 2.82. The Bertz CT molecular complexity index is 802. The number of anilines is 1. The van der Waals surface area contributed by atoms with Crippen LogP contribution in [0.4, 0.5) is 5.69 Å². The standard InChI is InChI=1S/C17H17N3O4S/c1-11(19-20-17(22)15-3-2-8-25-15)9-16(21)18-12-4-5-13-14(10-12)24-7-6-23-13/h2-5,8,10H,6-7,9H2,1H3,(H,18,21)(H,20,22)/b19-11+. The predicted molar refractivity (Wildman–Crippen MR) is 95.6 cm³/mol. The Kier molecular flexibility index (Phi) is 5.30. The molecule has 0 radical (unpaired) electrons. The van der Waals surface area contributed by atoms with Crippen LogP contribution in [0.3, 0.4) is 0 Å². The molecule has 7 nitrogen and oxygen atoms in total. The number of amides is 2. The molecule has 2 N–H and O–H groups in total. The van der Waals surface area contributed by atoms with Gasteiger partial charge in [0.15, 0.2) is 11.5 Å². The highest BCUT2D eigenvalue weighted by Crippen LogP contribution is 2.32. The van der Waals surface area contributed by atoms with Crippen LogP contribution >= 0.6 is 11.3 Å². The Morgan fingerprint density at radius 1 is 1.20 bits per heavy atom. The Morgan fingerprint density at radius 2 is 2.00 bits per heavy atom. The third kappa shape index (κ3) is 4.57. The van der Waals surface area contributed by atoms with E-state index >= 15 is 0 Å². The number of hydrogen-bond acceptors (Lipinski definition) is 6. The monoisotopic (exact) mass is 359 g/mol. The van der Waals surface area contributed by atoms with Crippen LogP contribution < -0.4 is 20.2 Å². The third-order valence-electron chi connectivity index (χ3n) is 3.34. The van der Waals surface area contributed by atoms with Crippen molar-refractivity contribution in [2.75, 3.05) is 18.5 Å². The van der Waals surface area contributed by atoms with Gasteiger partial charge in [0.1, 0.15) is 13.2 Å². The van der Waals surface area contributed by atoms with Gasteiger partial charge in [-0.2, -0.15) is 5.10 Å². The summed E-state index contributed by atoms with van der Waals surface area (Å²) in [6, 6.07) is 8.72. The minimum Gasteiger partial charge on any atom is -0.486 e. The molecule has 0 aliphatic carbocycles. The summed E-state index contributed by atoms with van der Waals surface area (Å²) in [5.41, 5.74) is 3.55. The number of benzene rings is 1. The van der Waals surface area contributed by atoms with Gasteiger partial charge in [-0.3, -0.25) is 9.59 Å². The van der Waals surface area contributed by atoms with Gasteiger partial charge >= 0.3 is 0 Å². The Balaban J connectivity index is 1.53. The van der Waals surface area contributed by atoms with Gasteiger partial charge in [-0.1, -0.05) is 6.07 Å². The molecule has 0 atom stereocenters.